The Morgan fingerprint density at radius 2 is 1.84 bits per heavy atom. The minimum Gasteiger partial charge on any atom is -0.368 e. The monoisotopic (exact) mass is 259 g/mol. The lowest BCUT2D eigenvalue weighted by Crippen LogP contribution is -2.53. The number of nitrogens with one attached hydrogen (secondary N) is 1. The largest absolute Gasteiger partial charge is 0.368 e. The third-order valence-corrected chi connectivity index (χ3v) is 4.07. The van der Waals surface area contributed by atoms with Gasteiger partial charge in [-0.05, 0) is 31.5 Å². The molecule has 102 valence electrons. The summed E-state index contributed by atoms with van der Waals surface area (Å²) in [5.74, 6) is 0.296. The Bertz CT molecular complexity index is 420. The normalized spacial score (nSPS) is 23.7. The van der Waals surface area contributed by atoms with Gasteiger partial charge in [0.25, 0.3) is 0 Å². The second-order valence-corrected chi connectivity index (χ2v) is 5.30. The highest BCUT2D eigenvalue weighted by Gasteiger charge is 2.29. The van der Waals surface area contributed by atoms with Crippen molar-refractivity contribution in [2.75, 3.05) is 37.6 Å². The van der Waals surface area contributed by atoms with Crippen molar-refractivity contribution in [3.8, 4) is 0 Å². The number of piperazine rings is 1. The average Bonchev–Trinajstić information content (AvgIpc) is 3.02. The first kappa shape index (κ1) is 12.5. The van der Waals surface area contributed by atoms with Gasteiger partial charge in [0.2, 0.25) is 5.91 Å². The summed E-state index contributed by atoms with van der Waals surface area (Å²) in [4.78, 5) is 16.7. The summed E-state index contributed by atoms with van der Waals surface area (Å²) in [6.07, 6.45) is 2.12. The van der Waals surface area contributed by atoms with Gasteiger partial charge < -0.3 is 15.1 Å². The van der Waals surface area contributed by atoms with E-state index >= 15 is 0 Å². The lowest BCUT2D eigenvalue weighted by Gasteiger charge is -2.37. The Labute approximate surface area is 114 Å². The number of nitrogens with zero attached hydrogens (tertiary/aromatic N) is 2. The van der Waals surface area contributed by atoms with Gasteiger partial charge >= 0.3 is 0 Å². The van der Waals surface area contributed by atoms with Crippen molar-refractivity contribution in [3.05, 3.63) is 30.3 Å². The summed E-state index contributed by atoms with van der Waals surface area (Å²) < 4.78 is 0. The summed E-state index contributed by atoms with van der Waals surface area (Å²) in [6.45, 7) is 4.53. The fourth-order valence-corrected chi connectivity index (χ4v) is 2.94. The van der Waals surface area contributed by atoms with Crippen molar-refractivity contribution < 1.29 is 4.79 Å². The molecule has 2 aliphatic rings. The van der Waals surface area contributed by atoms with Crippen LogP contribution in [0.5, 0.6) is 0 Å². The number of anilines is 1. The zero-order valence-electron chi connectivity index (χ0n) is 11.2. The highest BCUT2D eigenvalue weighted by molar-refractivity contribution is 5.82. The van der Waals surface area contributed by atoms with Gasteiger partial charge in [0.15, 0.2) is 0 Å². The molecule has 4 nitrogen and oxygen atoms in total. The molecular weight excluding hydrogens is 238 g/mol. The molecule has 2 saturated heterocycles. The first-order valence-corrected chi connectivity index (χ1v) is 7.17. The highest BCUT2D eigenvalue weighted by Crippen LogP contribution is 2.17. The smallest absolute Gasteiger partial charge is 0.239 e. The fraction of sp³-hybridized carbons (Fsp3) is 0.533. The van der Waals surface area contributed by atoms with Gasteiger partial charge in [-0.25, -0.2) is 0 Å². The van der Waals surface area contributed by atoms with E-state index in [1.165, 1.54) is 5.69 Å². The molecule has 0 bridgehead atoms. The summed E-state index contributed by atoms with van der Waals surface area (Å²) in [5.41, 5.74) is 1.26. The number of benzene rings is 1. The van der Waals surface area contributed by atoms with Crippen molar-refractivity contribution in [3.63, 3.8) is 0 Å². The zero-order chi connectivity index (χ0) is 13.1. The van der Waals surface area contributed by atoms with Crippen LogP contribution in [0.1, 0.15) is 12.8 Å². The van der Waals surface area contributed by atoms with Crippen molar-refractivity contribution in [1.29, 1.82) is 0 Å². The van der Waals surface area contributed by atoms with E-state index in [4.69, 9.17) is 0 Å². The Morgan fingerprint density at radius 3 is 2.47 bits per heavy atom. The highest BCUT2D eigenvalue weighted by atomic mass is 16.2. The third kappa shape index (κ3) is 2.73. The standard InChI is InChI=1S/C15H21N3O/c19-15(14-7-4-8-16-14)18-11-9-17(10-12-18)13-5-2-1-3-6-13/h1-3,5-6,14,16H,4,7-12H2/t14-/m0/s1. The molecule has 0 aliphatic carbocycles. The number of hydrogen-bond acceptors (Lipinski definition) is 3. The Morgan fingerprint density at radius 1 is 1.11 bits per heavy atom. The van der Waals surface area contributed by atoms with Gasteiger partial charge in [0, 0.05) is 31.9 Å². The van der Waals surface area contributed by atoms with Crippen LogP contribution < -0.4 is 10.2 Å². The SMILES string of the molecule is O=C([C@@H]1CCCN1)N1CCN(c2ccccc2)CC1. The first-order valence-electron chi connectivity index (χ1n) is 7.17. The Balaban J connectivity index is 1.56. The van der Waals surface area contributed by atoms with E-state index in [1.54, 1.807) is 0 Å². The number of hydrogen-bond donors (Lipinski definition) is 1. The van der Waals surface area contributed by atoms with Crippen LogP contribution in [-0.4, -0.2) is 49.6 Å². The van der Waals surface area contributed by atoms with Gasteiger partial charge in [0.1, 0.15) is 0 Å². The molecule has 0 aromatic heterocycles. The maximum atomic E-state index is 12.3. The predicted octanol–water partition coefficient (Wildman–Crippen LogP) is 1.09. The number of rotatable bonds is 2. The minimum atomic E-state index is 0.0725. The molecule has 1 N–H and O–H groups in total. The molecule has 0 saturated carbocycles. The molecule has 1 amide bonds. The molecule has 2 aliphatic heterocycles. The van der Waals surface area contributed by atoms with E-state index in [0.717, 1.165) is 45.6 Å². The summed E-state index contributed by atoms with van der Waals surface area (Å²) in [7, 11) is 0. The molecule has 1 aromatic carbocycles. The van der Waals surface area contributed by atoms with Crippen LogP contribution in [0.4, 0.5) is 5.69 Å². The van der Waals surface area contributed by atoms with E-state index in [9.17, 15) is 4.79 Å². The van der Waals surface area contributed by atoms with Gasteiger partial charge in [0.05, 0.1) is 6.04 Å². The van der Waals surface area contributed by atoms with Crippen LogP contribution in [0.2, 0.25) is 0 Å². The van der Waals surface area contributed by atoms with Gasteiger partial charge in [-0.3, -0.25) is 4.79 Å². The van der Waals surface area contributed by atoms with Crippen molar-refractivity contribution in [2.45, 2.75) is 18.9 Å². The maximum Gasteiger partial charge on any atom is 0.239 e. The predicted molar refractivity (Wildman–Crippen MR) is 76.3 cm³/mol. The Kier molecular flexibility index (Phi) is 3.69. The van der Waals surface area contributed by atoms with Crippen LogP contribution in [-0.2, 0) is 4.79 Å². The molecule has 2 fully saturated rings. The molecule has 3 rings (SSSR count). The molecule has 0 spiro atoms. The number of carbonyl (C=O) groups excluding carboxylic acids is 1. The second kappa shape index (κ2) is 5.61. The maximum absolute atomic E-state index is 12.3. The molecule has 4 heteroatoms. The van der Waals surface area contributed by atoms with Crippen LogP contribution in [0.15, 0.2) is 30.3 Å². The summed E-state index contributed by atoms with van der Waals surface area (Å²) in [5, 5.41) is 3.29. The van der Waals surface area contributed by atoms with Crippen LogP contribution >= 0.6 is 0 Å². The van der Waals surface area contributed by atoms with Gasteiger partial charge in [-0.2, -0.15) is 0 Å². The molecule has 19 heavy (non-hydrogen) atoms. The number of para-hydroxylation sites is 1. The summed E-state index contributed by atoms with van der Waals surface area (Å²) in [6, 6.07) is 10.5. The van der Waals surface area contributed by atoms with Gasteiger partial charge in [-0.15, -0.1) is 0 Å². The van der Waals surface area contributed by atoms with E-state index in [-0.39, 0.29) is 6.04 Å². The van der Waals surface area contributed by atoms with E-state index in [2.05, 4.69) is 34.5 Å². The third-order valence-electron chi connectivity index (χ3n) is 4.07. The number of amides is 1. The van der Waals surface area contributed by atoms with E-state index < -0.39 is 0 Å². The molecule has 0 unspecified atom stereocenters. The first-order chi connectivity index (χ1) is 9.34. The molecule has 1 atom stereocenters. The lowest BCUT2D eigenvalue weighted by molar-refractivity contribution is -0.133. The molecule has 2 heterocycles. The van der Waals surface area contributed by atoms with E-state index in [1.807, 2.05) is 11.0 Å². The Hall–Kier alpha value is -1.55. The van der Waals surface area contributed by atoms with Crippen LogP contribution in [0, 0.1) is 0 Å². The average molecular weight is 259 g/mol. The van der Waals surface area contributed by atoms with Crippen LogP contribution in [0.25, 0.3) is 0 Å². The number of carbonyl (C=O) groups is 1. The topological polar surface area (TPSA) is 35.6 Å². The molecule has 1 aromatic rings. The van der Waals surface area contributed by atoms with Crippen molar-refractivity contribution >= 4 is 11.6 Å². The zero-order valence-corrected chi connectivity index (χ0v) is 11.2. The fourth-order valence-electron chi connectivity index (χ4n) is 2.94. The van der Waals surface area contributed by atoms with Crippen molar-refractivity contribution in [1.82, 2.24) is 10.2 Å². The molecular formula is C15H21N3O. The second-order valence-electron chi connectivity index (χ2n) is 5.30. The van der Waals surface area contributed by atoms with Gasteiger partial charge in [-0.1, -0.05) is 18.2 Å². The lowest BCUT2D eigenvalue weighted by atomic mass is 10.1. The summed E-state index contributed by atoms with van der Waals surface area (Å²) >= 11 is 0. The van der Waals surface area contributed by atoms with Crippen LogP contribution in [0.3, 0.4) is 0 Å². The van der Waals surface area contributed by atoms with Crippen molar-refractivity contribution in [2.24, 2.45) is 0 Å². The van der Waals surface area contributed by atoms with E-state index in [0.29, 0.717) is 5.91 Å². The minimum absolute atomic E-state index is 0.0725. The molecule has 0 radical (unpaired) electrons. The quantitative estimate of drug-likeness (QED) is 0.863.